The van der Waals surface area contributed by atoms with E-state index in [4.69, 9.17) is 23.8 Å². The molecule has 2 fully saturated rings. The summed E-state index contributed by atoms with van der Waals surface area (Å²) < 4.78 is 22.6. The Labute approximate surface area is 169 Å². The van der Waals surface area contributed by atoms with Gasteiger partial charge in [0, 0.05) is 43.7 Å². The minimum absolute atomic E-state index is 0.166. The molecule has 0 spiro atoms. The number of hydroxylamine groups is 2. The number of hydrogen-bond donors (Lipinski definition) is 0. The van der Waals surface area contributed by atoms with Gasteiger partial charge >= 0.3 is 0 Å². The Balaban J connectivity index is 1.84. The molecule has 0 N–H and O–H groups in total. The number of ether oxygens (including phenoxy) is 4. The van der Waals surface area contributed by atoms with Gasteiger partial charge in [-0.15, -0.1) is 0 Å². The van der Waals surface area contributed by atoms with Crippen molar-refractivity contribution >= 4 is 0 Å². The van der Waals surface area contributed by atoms with Gasteiger partial charge < -0.3 is 18.9 Å². The molecule has 0 radical (unpaired) electrons. The molecule has 6 heteroatoms. The molecule has 0 aliphatic carbocycles. The fourth-order valence-electron chi connectivity index (χ4n) is 4.72. The van der Waals surface area contributed by atoms with Crippen LogP contribution >= 0.6 is 0 Å². The Bertz CT molecular complexity index is 674. The molecule has 1 aromatic rings. The van der Waals surface area contributed by atoms with Crippen molar-refractivity contribution < 1.29 is 23.8 Å². The maximum absolute atomic E-state index is 6.56. The van der Waals surface area contributed by atoms with Gasteiger partial charge in [0.2, 0.25) is 0 Å². The lowest BCUT2D eigenvalue weighted by atomic mass is 9.78. The van der Waals surface area contributed by atoms with Crippen LogP contribution in [0.4, 0.5) is 0 Å². The summed E-state index contributed by atoms with van der Waals surface area (Å²) in [6.07, 6.45) is 1.45. The van der Waals surface area contributed by atoms with E-state index < -0.39 is 5.79 Å². The molecular formula is C22H35NO5. The second-order valence-corrected chi connectivity index (χ2v) is 9.16. The predicted octanol–water partition coefficient (Wildman–Crippen LogP) is 4.40. The van der Waals surface area contributed by atoms with Gasteiger partial charge in [0.05, 0.1) is 13.7 Å². The van der Waals surface area contributed by atoms with Crippen molar-refractivity contribution in [1.82, 2.24) is 5.06 Å². The molecule has 6 nitrogen and oxygen atoms in total. The molecule has 0 saturated carbocycles. The summed E-state index contributed by atoms with van der Waals surface area (Å²) in [6.45, 7) is 11.5. The van der Waals surface area contributed by atoms with Crippen LogP contribution in [-0.4, -0.2) is 49.9 Å². The van der Waals surface area contributed by atoms with Crippen LogP contribution in [0.25, 0.3) is 0 Å². The molecule has 0 aromatic heterocycles. The monoisotopic (exact) mass is 393 g/mol. The topological polar surface area (TPSA) is 52.7 Å². The molecule has 2 unspecified atom stereocenters. The summed E-state index contributed by atoms with van der Waals surface area (Å²) in [7, 11) is 5.12. The lowest BCUT2D eigenvalue weighted by Gasteiger charge is -2.57. The minimum atomic E-state index is -0.611. The quantitative estimate of drug-likeness (QED) is 0.505. The molecule has 158 valence electrons. The van der Waals surface area contributed by atoms with E-state index in [-0.39, 0.29) is 23.3 Å². The fourth-order valence-corrected chi connectivity index (χ4v) is 4.72. The zero-order valence-corrected chi connectivity index (χ0v) is 18.5. The highest BCUT2D eigenvalue weighted by atomic mass is 16.7. The van der Waals surface area contributed by atoms with E-state index >= 15 is 0 Å². The molecule has 2 aliphatic heterocycles. The van der Waals surface area contributed by atoms with Gasteiger partial charge in [0.15, 0.2) is 5.79 Å². The molecule has 28 heavy (non-hydrogen) atoms. The van der Waals surface area contributed by atoms with Crippen molar-refractivity contribution in [1.29, 1.82) is 0 Å². The maximum atomic E-state index is 6.56. The van der Waals surface area contributed by atoms with Crippen LogP contribution in [-0.2, 0) is 19.0 Å². The lowest BCUT2D eigenvalue weighted by molar-refractivity contribution is -0.360. The molecule has 2 heterocycles. The zero-order chi connectivity index (χ0) is 20.7. The van der Waals surface area contributed by atoms with Crippen LogP contribution in [0.1, 0.15) is 70.8 Å². The third kappa shape index (κ3) is 4.07. The number of epoxide rings is 1. The summed E-state index contributed by atoms with van der Waals surface area (Å²) in [5.74, 6) is 0.218. The molecule has 2 atom stereocenters. The van der Waals surface area contributed by atoms with Crippen LogP contribution < -0.4 is 4.74 Å². The zero-order valence-electron chi connectivity index (χ0n) is 18.5. The third-order valence-corrected chi connectivity index (χ3v) is 5.91. The molecule has 0 amide bonds. The van der Waals surface area contributed by atoms with E-state index in [9.17, 15) is 0 Å². The van der Waals surface area contributed by atoms with Crippen LogP contribution in [0, 0.1) is 0 Å². The van der Waals surface area contributed by atoms with Crippen molar-refractivity contribution in [3.63, 3.8) is 0 Å². The van der Waals surface area contributed by atoms with Gasteiger partial charge in [-0.2, -0.15) is 5.06 Å². The molecule has 2 saturated heterocycles. The van der Waals surface area contributed by atoms with Gasteiger partial charge in [-0.25, -0.2) is 0 Å². The third-order valence-electron chi connectivity index (χ3n) is 5.91. The molecule has 2 aliphatic rings. The molecule has 1 aromatic carbocycles. The minimum Gasteiger partial charge on any atom is -0.496 e. The Hall–Kier alpha value is -1.18. The average Bonchev–Trinajstić information content (AvgIpc) is 3.48. The largest absolute Gasteiger partial charge is 0.496 e. The van der Waals surface area contributed by atoms with E-state index in [0.717, 1.165) is 23.5 Å². The first-order valence-electron chi connectivity index (χ1n) is 9.94. The number of hydrogen-bond acceptors (Lipinski definition) is 6. The van der Waals surface area contributed by atoms with Crippen molar-refractivity contribution in [2.45, 2.75) is 76.5 Å². The highest BCUT2D eigenvalue weighted by molar-refractivity contribution is 5.40. The SMILES string of the molecule is COc1cc(C2CO2)ccc1C(C)ON1C(C)(C)CC(OC)(OC)CC1(C)C. The van der Waals surface area contributed by atoms with Crippen LogP contribution in [0.15, 0.2) is 18.2 Å². The summed E-state index contributed by atoms with van der Waals surface area (Å²) in [4.78, 5) is 6.56. The fraction of sp³-hybridized carbons (Fsp3) is 0.727. The van der Waals surface area contributed by atoms with Crippen molar-refractivity contribution in [3.8, 4) is 5.75 Å². The standard InChI is InChI=1S/C22H35NO5/c1-15(17-10-9-16(19-12-27-19)11-18(17)24-6)28-23-20(2,3)13-22(25-7,26-8)14-21(23,4)5/h9-11,15,19H,12-14H2,1-8H3. The number of piperidine rings is 1. The Morgan fingerprint density at radius 1 is 1.04 bits per heavy atom. The number of rotatable bonds is 7. The first-order chi connectivity index (χ1) is 13.1. The van der Waals surface area contributed by atoms with Crippen LogP contribution in [0.5, 0.6) is 5.75 Å². The number of methoxy groups -OCH3 is 3. The summed E-state index contributed by atoms with van der Waals surface area (Å²) in [5.41, 5.74) is 1.61. The molecule has 0 bridgehead atoms. The van der Waals surface area contributed by atoms with Gasteiger partial charge in [-0.05, 0) is 46.2 Å². The van der Waals surface area contributed by atoms with Gasteiger partial charge in [0.1, 0.15) is 18.0 Å². The van der Waals surface area contributed by atoms with E-state index in [2.05, 4.69) is 57.9 Å². The number of benzene rings is 1. The van der Waals surface area contributed by atoms with E-state index in [1.807, 2.05) is 0 Å². The maximum Gasteiger partial charge on any atom is 0.171 e. The summed E-state index contributed by atoms with van der Waals surface area (Å²) in [6, 6.07) is 6.24. The average molecular weight is 394 g/mol. The molecular weight excluding hydrogens is 358 g/mol. The van der Waals surface area contributed by atoms with E-state index in [1.165, 1.54) is 0 Å². The van der Waals surface area contributed by atoms with Crippen molar-refractivity contribution in [3.05, 3.63) is 29.3 Å². The Kier molecular flexibility index (Phi) is 5.82. The second kappa shape index (κ2) is 7.58. The molecule has 3 rings (SSSR count). The van der Waals surface area contributed by atoms with Crippen molar-refractivity contribution in [2.75, 3.05) is 27.9 Å². The van der Waals surface area contributed by atoms with Crippen LogP contribution in [0.3, 0.4) is 0 Å². The van der Waals surface area contributed by atoms with Crippen LogP contribution in [0.2, 0.25) is 0 Å². The van der Waals surface area contributed by atoms with Gasteiger partial charge in [-0.1, -0.05) is 12.1 Å². The van der Waals surface area contributed by atoms with Gasteiger partial charge in [-0.3, -0.25) is 4.84 Å². The van der Waals surface area contributed by atoms with E-state index in [1.54, 1.807) is 21.3 Å². The lowest BCUT2D eigenvalue weighted by Crippen LogP contribution is -2.66. The van der Waals surface area contributed by atoms with Gasteiger partial charge in [0.25, 0.3) is 0 Å². The number of nitrogens with zero attached hydrogens (tertiary/aromatic N) is 1. The normalized spacial score (nSPS) is 26.6. The highest BCUT2D eigenvalue weighted by Gasteiger charge is 2.54. The Morgan fingerprint density at radius 2 is 1.61 bits per heavy atom. The smallest absolute Gasteiger partial charge is 0.171 e. The van der Waals surface area contributed by atoms with E-state index in [0.29, 0.717) is 12.8 Å². The van der Waals surface area contributed by atoms with Crippen molar-refractivity contribution in [2.24, 2.45) is 0 Å². The Morgan fingerprint density at radius 3 is 2.07 bits per heavy atom. The first kappa shape index (κ1) is 21.5. The predicted molar refractivity (Wildman–Crippen MR) is 107 cm³/mol. The second-order valence-electron chi connectivity index (χ2n) is 9.16. The first-order valence-corrected chi connectivity index (χ1v) is 9.94. The summed E-state index contributed by atoms with van der Waals surface area (Å²) in [5, 5.41) is 2.11. The highest BCUT2D eigenvalue weighted by Crippen LogP contribution is 2.47. The summed E-state index contributed by atoms with van der Waals surface area (Å²) >= 11 is 0.